The van der Waals surface area contributed by atoms with Crippen LogP contribution in [0.4, 0.5) is 10.3 Å². The predicted octanol–water partition coefficient (Wildman–Crippen LogP) is 1.99. The lowest BCUT2D eigenvalue weighted by Gasteiger charge is -2.07. The molecule has 0 spiro atoms. The molecule has 3 N–H and O–H groups in total. The van der Waals surface area contributed by atoms with Crippen LogP contribution in [0.1, 0.15) is 21.5 Å². The van der Waals surface area contributed by atoms with Gasteiger partial charge in [-0.2, -0.15) is 0 Å². The highest BCUT2D eigenvalue weighted by atomic mass is 32.1. The SMILES string of the molecule is Cc1cccc(C)c1C(=O)Nc1nnc(N)s1. The standard InChI is InChI=1S/C11H12N4OS/c1-6-4-3-5-7(2)8(6)9(16)13-11-15-14-10(12)17-11/h3-5H,1-2H3,(H2,12,14)(H,13,15,16). The van der Waals surface area contributed by atoms with E-state index in [1.54, 1.807) is 0 Å². The van der Waals surface area contributed by atoms with Gasteiger partial charge in [0.2, 0.25) is 10.3 Å². The van der Waals surface area contributed by atoms with Crippen LogP contribution in [-0.4, -0.2) is 16.1 Å². The molecule has 0 aliphatic heterocycles. The van der Waals surface area contributed by atoms with Crippen molar-refractivity contribution in [3.8, 4) is 0 Å². The smallest absolute Gasteiger partial charge is 0.258 e. The molecule has 1 heterocycles. The molecule has 0 radical (unpaired) electrons. The zero-order valence-electron chi connectivity index (χ0n) is 9.52. The Labute approximate surface area is 103 Å². The minimum atomic E-state index is -0.184. The van der Waals surface area contributed by atoms with Crippen LogP contribution in [0, 0.1) is 13.8 Å². The van der Waals surface area contributed by atoms with E-state index in [1.165, 1.54) is 0 Å². The van der Waals surface area contributed by atoms with Gasteiger partial charge in [0, 0.05) is 5.56 Å². The van der Waals surface area contributed by atoms with E-state index in [0.29, 0.717) is 15.8 Å². The quantitative estimate of drug-likeness (QED) is 0.851. The molecule has 2 aromatic rings. The van der Waals surface area contributed by atoms with Crippen molar-refractivity contribution in [3.05, 3.63) is 34.9 Å². The van der Waals surface area contributed by atoms with Gasteiger partial charge in [-0.25, -0.2) is 0 Å². The van der Waals surface area contributed by atoms with E-state index in [4.69, 9.17) is 5.73 Å². The second-order valence-electron chi connectivity index (χ2n) is 3.67. The molecule has 0 aliphatic rings. The largest absolute Gasteiger partial charge is 0.374 e. The number of aryl methyl sites for hydroxylation is 2. The lowest BCUT2D eigenvalue weighted by Crippen LogP contribution is -2.14. The highest BCUT2D eigenvalue weighted by Crippen LogP contribution is 2.19. The first-order valence-electron chi connectivity index (χ1n) is 5.04. The lowest BCUT2D eigenvalue weighted by molar-refractivity contribution is 0.102. The van der Waals surface area contributed by atoms with E-state index in [9.17, 15) is 4.79 Å². The molecule has 0 bridgehead atoms. The summed E-state index contributed by atoms with van der Waals surface area (Å²) in [5.41, 5.74) is 7.98. The molecule has 0 saturated heterocycles. The van der Waals surface area contributed by atoms with Crippen molar-refractivity contribution in [1.29, 1.82) is 0 Å². The van der Waals surface area contributed by atoms with Crippen LogP contribution >= 0.6 is 11.3 Å². The summed E-state index contributed by atoms with van der Waals surface area (Å²) < 4.78 is 0. The molecule has 6 heteroatoms. The van der Waals surface area contributed by atoms with Gasteiger partial charge in [0.05, 0.1) is 0 Å². The first-order chi connectivity index (χ1) is 8.08. The number of anilines is 2. The number of nitrogens with two attached hydrogens (primary N) is 1. The number of carbonyl (C=O) groups excluding carboxylic acids is 1. The van der Waals surface area contributed by atoms with Crippen LogP contribution in [0.15, 0.2) is 18.2 Å². The van der Waals surface area contributed by atoms with Crippen molar-refractivity contribution in [2.45, 2.75) is 13.8 Å². The number of hydrogen-bond acceptors (Lipinski definition) is 5. The van der Waals surface area contributed by atoms with Crippen molar-refractivity contribution in [2.75, 3.05) is 11.1 Å². The number of hydrogen-bond donors (Lipinski definition) is 2. The Hall–Kier alpha value is -1.95. The zero-order valence-corrected chi connectivity index (χ0v) is 10.3. The normalized spacial score (nSPS) is 10.2. The summed E-state index contributed by atoms with van der Waals surface area (Å²) in [5, 5.41) is 10.8. The second-order valence-corrected chi connectivity index (χ2v) is 4.68. The van der Waals surface area contributed by atoms with Crippen LogP contribution in [0.3, 0.4) is 0 Å². The first kappa shape index (κ1) is 11.5. The third kappa shape index (κ3) is 2.42. The van der Waals surface area contributed by atoms with E-state index in [0.717, 1.165) is 22.5 Å². The van der Waals surface area contributed by atoms with E-state index in [1.807, 2.05) is 32.0 Å². The van der Waals surface area contributed by atoms with Gasteiger partial charge in [-0.05, 0) is 25.0 Å². The molecule has 0 saturated carbocycles. The maximum Gasteiger partial charge on any atom is 0.258 e. The van der Waals surface area contributed by atoms with Crippen LogP contribution < -0.4 is 11.1 Å². The van der Waals surface area contributed by atoms with E-state index in [-0.39, 0.29) is 5.91 Å². The molecule has 0 atom stereocenters. The maximum atomic E-state index is 12.1. The van der Waals surface area contributed by atoms with Crippen LogP contribution in [0.25, 0.3) is 0 Å². The summed E-state index contributed by atoms with van der Waals surface area (Å²) in [7, 11) is 0. The van der Waals surface area contributed by atoms with Crippen molar-refractivity contribution in [2.24, 2.45) is 0 Å². The summed E-state index contributed by atoms with van der Waals surface area (Å²) in [6, 6.07) is 5.72. The summed E-state index contributed by atoms with van der Waals surface area (Å²) >= 11 is 1.15. The highest BCUT2D eigenvalue weighted by molar-refractivity contribution is 7.19. The average molecular weight is 248 g/mol. The van der Waals surface area contributed by atoms with Crippen molar-refractivity contribution in [3.63, 3.8) is 0 Å². The van der Waals surface area contributed by atoms with Gasteiger partial charge in [0.25, 0.3) is 5.91 Å². The number of nitrogen functional groups attached to an aromatic ring is 1. The van der Waals surface area contributed by atoms with Gasteiger partial charge in [-0.1, -0.05) is 29.5 Å². The summed E-state index contributed by atoms with van der Waals surface area (Å²) in [5.74, 6) is -0.184. The van der Waals surface area contributed by atoms with Gasteiger partial charge in [0.1, 0.15) is 0 Å². The molecule has 1 amide bonds. The number of benzene rings is 1. The average Bonchev–Trinajstić information content (AvgIpc) is 2.63. The number of nitrogens with one attached hydrogen (secondary N) is 1. The summed E-state index contributed by atoms with van der Waals surface area (Å²) in [6.07, 6.45) is 0. The van der Waals surface area contributed by atoms with Gasteiger partial charge in [-0.3, -0.25) is 10.1 Å². The fourth-order valence-electron chi connectivity index (χ4n) is 1.62. The molecule has 2 rings (SSSR count). The minimum Gasteiger partial charge on any atom is -0.374 e. The molecule has 1 aromatic carbocycles. The lowest BCUT2D eigenvalue weighted by atomic mass is 10.0. The zero-order chi connectivity index (χ0) is 12.4. The molecule has 0 unspecified atom stereocenters. The number of nitrogens with zero attached hydrogens (tertiary/aromatic N) is 2. The maximum absolute atomic E-state index is 12.1. The number of aromatic nitrogens is 2. The van der Waals surface area contributed by atoms with Gasteiger partial charge >= 0.3 is 0 Å². The Balaban J connectivity index is 2.26. The van der Waals surface area contributed by atoms with Crippen LogP contribution in [-0.2, 0) is 0 Å². The van der Waals surface area contributed by atoms with Gasteiger partial charge < -0.3 is 5.73 Å². The van der Waals surface area contributed by atoms with E-state index in [2.05, 4.69) is 15.5 Å². The minimum absolute atomic E-state index is 0.184. The van der Waals surface area contributed by atoms with Crippen LogP contribution in [0.5, 0.6) is 0 Å². The van der Waals surface area contributed by atoms with Gasteiger partial charge in [-0.15, -0.1) is 10.2 Å². The fourth-order valence-corrected chi connectivity index (χ4v) is 2.12. The Morgan fingerprint density at radius 3 is 2.47 bits per heavy atom. The Morgan fingerprint density at radius 1 is 1.29 bits per heavy atom. The third-order valence-electron chi connectivity index (χ3n) is 2.37. The first-order valence-corrected chi connectivity index (χ1v) is 5.86. The molecule has 88 valence electrons. The molecule has 17 heavy (non-hydrogen) atoms. The Bertz CT molecular complexity index is 544. The Kier molecular flexibility index (Phi) is 3.06. The predicted molar refractivity (Wildman–Crippen MR) is 68.2 cm³/mol. The van der Waals surface area contributed by atoms with Crippen molar-refractivity contribution in [1.82, 2.24) is 10.2 Å². The molecule has 0 fully saturated rings. The summed E-state index contributed by atoms with van der Waals surface area (Å²) in [4.78, 5) is 12.1. The fraction of sp³-hybridized carbons (Fsp3) is 0.182. The third-order valence-corrected chi connectivity index (χ3v) is 3.04. The van der Waals surface area contributed by atoms with E-state index < -0.39 is 0 Å². The topological polar surface area (TPSA) is 80.9 Å². The van der Waals surface area contributed by atoms with Gasteiger partial charge in [0.15, 0.2) is 0 Å². The highest BCUT2D eigenvalue weighted by Gasteiger charge is 2.13. The molecule has 0 aliphatic carbocycles. The second kappa shape index (κ2) is 4.50. The van der Waals surface area contributed by atoms with Crippen molar-refractivity contribution >= 4 is 27.5 Å². The molecular weight excluding hydrogens is 236 g/mol. The number of carbonyl (C=O) groups is 1. The molecular formula is C11H12N4OS. The van der Waals surface area contributed by atoms with Crippen molar-refractivity contribution < 1.29 is 4.79 Å². The monoisotopic (exact) mass is 248 g/mol. The van der Waals surface area contributed by atoms with Crippen LogP contribution in [0.2, 0.25) is 0 Å². The summed E-state index contributed by atoms with van der Waals surface area (Å²) in [6.45, 7) is 3.80. The number of amides is 1. The molecule has 5 nitrogen and oxygen atoms in total. The number of rotatable bonds is 2. The Morgan fingerprint density at radius 2 is 1.94 bits per heavy atom. The molecule has 1 aromatic heterocycles. The van der Waals surface area contributed by atoms with E-state index >= 15 is 0 Å².